The molecule has 2 amide bonds. The van der Waals surface area contributed by atoms with Crippen molar-refractivity contribution in [3.8, 4) is 0 Å². The van der Waals surface area contributed by atoms with Gasteiger partial charge in [-0.25, -0.2) is 8.42 Å². The number of para-hydroxylation sites is 1. The molecule has 4 rings (SSSR count). The average Bonchev–Trinajstić information content (AvgIpc) is 3.46. The van der Waals surface area contributed by atoms with Gasteiger partial charge in [-0.05, 0) is 55.2 Å². The van der Waals surface area contributed by atoms with E-state index in [-0.39, 0.29) is 34.1 Å². The van der Waals surface area contributed by atoms with Gasteiger partial charge in [-0.1, -0.05) is 91.5 Å². The second-order valence-corrected chi connectivity index (χ2v) is 12.5. The Morgan fingerprint density at radius 3 is 2.12 bits per heavy atom. The van der Waals surface area contributed by atoms with Gasteiger partial charge in [0, 0.05) is 17.6 Å². The molecule has 40 heavy (non-hydrogen) atoms. The minimum atomic E-state index is -4.18. The van der Waals surface area contributed by atoms with E-state index in [9.17, 15) is 18.0 Å². The lowest BCUT2D eigenvalue weighted by Crippen LogP contribution is -2.53. The lowest BCUT2D eigenvalue weighted by atomic mass is 10.1. The fraction of sp³-hybridized carbons (Fsp3) is 0.333. The maximum Gasteiger partial charge on any atom is 0.264 e. The summed E-state index contributed by atoms with van der Waals surface area (Å²) in [6.07, 6.45) is 4.24. The Kier molecular flexibility index (Phi) is 10.1. The first-order valence-corrected chi connectivity index (χ1v) is 15.6. The van der Waals surface area contributed by atoms with Crippen LogP contribution in [-0.2, 0) is 26.2 Å². The number of benzene rings is 3. The molecule has 7 nitrogen and oxygen atoms in total. The molecule has 0 unspecified atom stereocenters. The van der Waals surface area contributed by atoms with Gasteiger partial charge >= 0.3 is 0 Å². The first kappa shape index (κ1) is 29.9. The number of hydrogen-bond donors (Lipinski definition) is 1. The van der Waals surface area contributed by atoms with Crippen molar-refractivity contribution in [2.45, 2.75) is 62.6 Å². The average molecular weight is 603 g/mol. The van der Waals surface area contributed by atoms with E-state index in [2.05, 4.69) is 5.32 Å². The minimum absolute atomic E-state index is 0.0198. The molecule has 0 aliphatic heterocycles. The fourth-order valence-electron chi connectivity index (χ4n) is 4.98. The van der Waals surface area contributed by atoms with E-state index in [1.54, 1.807) is 66.7 Å². The van der Waals surface area contributed by atoms with E-state index in [1.165, 1.54) is 17.0 Å². The molecule has 3 aromatic rings. The quantitative estimate of drug-likeness (QED) is 0.289. The molecule has 212 valence electrons. The molecule has 0 spiro atoms. The highest BCUT2D eigenvalue weighted by Gasteiger charge is 2.35. The number of carbonyl (C=O) groups excluding carboxylic acids is 2. The molecule has 3 aromatic carbocycles. The summed E-state index contributed by atoms with van der Waals surface area (Å²) in [6.45, 7) is 1.31. The van der Waals surface area contributed by atoms with Gasteiger partial charge in [0.25, 0.3) is 10.0 Å². The zero-order chi connectivity index (χ0) is 28.7. The van der Waals surface area contributed by atoms with Crippen molar-refractivity contribution >= 4 is 50.7 Å². The van der Waals surface area contributed by atoms with Crippen LogP contribution in [0, 0.1) is 0 Å². The Labute approximate surface area is 246 Å². The molecule has 0 bridgehead atoms. The molecule has 1 aliphatic carbocycles. The summed E-state index contributed by atoms with van der Waals surface area (Å²) in [7, 11) is -4.18. The number of nitrogens with zero attached hydrogens (tertiary/aromatic N) is 2. The first-order valence-electron chi connectivity index (χ1n) is 13.4. The molecule has 1 aliphatic rings. The van der Waals surface area contributed by atoms with Gasteiger partial charge in [-0.15, -0.1) is 0 Å². The normalized spacial score (nSPS) is 14.5. The predicted octanol–water partition coefficient (Wildman–Crippen LogP) is 6.05. The standard InChI is InChI=1S/C30H33Cl2N3O4S/c1-2-27(30(37)33-23-13-7-8-14-23)34(20-22-12-6-9-17-25(22)31)29(36)21-35(28-19-11-10-18-26(28)32)40(38,39)24-15-4-3-5-16-24/h3-6,9-12,15-19,23,27H,2,7-8,13-14,20-21H2,1H3,(H,33,37)/t27-/m1/s1. The predicted molar refractivity (Wildman–Crippen MR) is 159 cm³/mol. The molecular formula is C30H33Cl2N3O4S. The molecule has 1 saturated carbocycles. The fourth-order valence-corrected chi connectivity index (χ4v) is 6.92. The molecule has 1 atom stereocenters. The summed E-state index contributed by atoms with van der Waals surface area (Å²) in [5, 5.41) is 3.73. The van der Waals surface area contributed by atoms with Crippen LogP contribution in [0.1, 0.15) is 44.6 Å². The third-order valence-corrected chi connectivity index (χ3v) is 9.58. The van der Waals surface area contributed by atoms with Gasteiger partial charge in [-0.3, -0.25) is 13.9 Å². The Hall–Kier alpha value is -3.07. The number of halogens is 2. The van der Waals surface area contributed by atoms with E-state index in [1.807, 2.05) is 6.92 Å². The van der Waals surface area contributed by atoms with Crippen LogP contribution in [0.4, 0.5) is 5.69 Å². The maximum atomic E-state index is 14.1. The van der Waals surface area contributed by atoms with Crippen LogP contribution < -0.4 is 9.62 Å². The Morgan fingerprint density at radius 1 is 0.900 bits per heavy atom. The largest absolute Gasteiger partial charge is 0.352 e. The third kappa shape index (κ3) is 6.97. The highest BCUT2D eigenvalue weighted by molar-refractivity contribution is 7.92. The number of sulfonamides is 1. The monoisotopic (exact) mass is 601 g/mol. The Bertz CT molecular complexity index is 1430. The summed E-state index contributed by atoms with van der Waals surface area (Å²) >= 11 is 12.9. The van der Waals surface area contributed by atoms with Crippen molar-refractivity contribution in [1.82, 2.24) is 10.2 Å². The number of amides is 2. The topological polar surface area (TPSA) is 86.8 Å². The molecule has 0 radical (unpaired) electrons. The van der Waals surface area contributed by atoms with Crippen molar-refractivity contribution in [1.29, 1.82) is 0 Å². The van der Waals surface area contributed by atoms with Crippen LogP contribution in [0.15, 0.2) is 83.8 Å². The smallest absolute Gasteiger partial charge is 0.264 e. The zero-order valence-corrected chi connectivity index (χ0v) is 24.6. The molecule has 1 fully saturated rings. The molecular weight excluding hydrogens is 569 g/mol. The SMILES string of the molecule is CC[C@H](C(=O)NC1CCCC1)N(Cc1ccccc1Cl)C(=O)CN(c1ccccc1Cl)S(=O)(=O)c1ccccc1. The number of carbonyl (C=O) groups is 2. The second kappa shape index (κ2) is 13.5. The van der Waals surface area contributed by atoms with E-state index in [4.69, 9.17) is 23.2 Å². The molecule has 0 heterocycles. The van der Waals surface area contributed by atoms with E-state index >= 15 is 0 Å². The Morgan fingerprint density at radius 2 is 1.50 bits per heavy atom. The third-order valence-electron chi connectivity index (χ3n) is 7.12. The van der Waals surface area contributed by atoms with E-state index < -0.39 is 28.5 Å². The van der Waals surface area contributed by atoms with Crippen LogP contribution in [-0.4, -0.2) is 43.8 Å². The summed E-state index contributed by atoms with van der Waals surface area (Å²) < 4.78 is 28.7. The zero-order valence-electron chi connectivity index (χ0n) is 22.3. The van der Waals surface area contributed by atoms with Crippen LogP contribution >= 0.6 is 23.2 Å². The maximum absolute atomic E-state index is 14.1. The second-order valence-electron chi connectivity index (χ2n) is 9.80. The van der Waals surface area contributed by atoms with Crippen molar-refractivity contribution in [2.75, 3.05) is 10.8 Å². The highest BCUT2D eigenvalue weighted by Crippen LogP contribution is 2.31. The first-order chi connectivity index (χ1) is 19.2. The van der Waals surface area contributed by atoms with Gasteiger partial charge in [0.05, 0.1) is 15.6 Å². The van der Waals surface area contributed by atoms with Gasteiger partial charge in [0.2, 0.25) is 11.8 Å². The van der Waals surface area contributed by atoms with Crippen molar-refractivity contribution in [3.05, 3.63) is 94.5 Å². The van der Waals surface area contributed by atoms with Crippen LogP contribution in [0.3, 0.4) is 0 Å². The van der Waals surface area contributed by atoms with Crippen LogP contribution in [0.5, 0.6) is 0 Å². The number of nitrogens with one attached hydrogen (secondary N) is 1. The van der Waals surface area contributed by atoms with Gasteiger partial charge in [0.15, 0.2) is 0 Å². The van der Waals surface area contributed by atoms with E-state index in [0.29, 0.717) is 17.0 Å². The summed E-state index contributed by atoms with van der Waals surface area (Å²) in [6, 6.07) is 20.7. The van der Waals surface area contributed by atoms with Crippen LogP contribution in [0.25, 0.3) is 0 Å². The van der Waals surface area contributed by atoms with Crippen LogP contribution in [0.2, 0.25) is 10.0 Å². The highest BCUT2D eigenvalue weighted by atomic mass is 35.5. The van der Waals surface area contributed by atoms with Gasteiger partial charge < -0.3 is 10.2 Å². The summed E-state index contributed by atoms with van der Waals surface area (Å²) in [5.41, 5.74) is 0.822. The minimum Gasteiger partial charge on any atom is -0.352 e. The van der Waals surface area contributed by atoms with Gasteiger partial charge in [-0.2, -0.15) is 0 Å². The van der Waals surface area contributed by atoms with Crippen molar-refractivity contribution in [2.24, 2.45) is 0 Å². The molecule has 0 aromatic heterocycles. The summed E-state index contributed by atoms with van der Waals surface area (Å²) in [4.78, 5) is 29.1. The molecule has 1 N–H and O–H groups in total. The van der Waals surface area contributed by atoms with Crippen molar-refractivity contribution in [3.63, 3.8) is 0 Å². The van der Waals surface area contributed by atoms with Gasteiger partial charge in [0.1, 0.15) is 12.6 Å². The number of rotatable bonds is 11. The van der Waals surface area contributed by atoms with E-state index in [0.717, 1.165) is 30.0 Å². The lowest BCUT2D eigenvalue weighted by Gasteiger charge is -2.34. The number of anilines is 1. The number of hydrogen-bond acceptors (Lipinski definition) is 4. The summed E-state index contributed by atoms with van der Waals surface area (Å²) in [5.74, 6) is -0.808. The molecule has 10 heteroatoms. The molecule has 0 saturated heterocycles. The van der Waals surface area contributed by atoms with Crippen molar-refractivity contribution < 1.29 is 18.0 Å². The lowest BCUT2D eigenvalue weighted by molar-refractivity contribution is -0.140. The Balaban J connectivity index is 1.72.